The van der Waals surface area contributed by atoms with Crippen LogP contribution in [0.3, 0.4) is 0 Å². The molecule has 0 spiro atoms. The smallest absolute Gasteiger partial charge is 0.254 e. The summed E-state index contributed by atoms with van der Waals surface area (Å²) >= 11 is 0. The first kappa shape index (κ1) is 18.9. The van der Waals surface area contributed by atoms with Crippen molar-refractivity contribution in [1.29, 1.82) is 0 Å². The summed E-state index contributed by atoms with van der Waals surface area (Å²) in [5.41, 5.74) is 7.77. The number of benzene rings is 1. The average Bonchev–Trinajstić information content (AvgIpc) is 3.15. The lowest BCUT2D eigenvalue weighted by atomic mass is 10.1. The van der Waals surface area contributed by atoms with E-state index in [0.717, 1.165) is 36.3 Å². The van der Waals surface area contributed by atoms with Crippen LogP contribution < -0.4 is 20.7 Å². The lowest BCUT2D eigenvalue weighted by molar-refractivity contribution is 0.100. The molecule has 2 heterocycles. The zero-order valence-corrected chi connectivity index (χ0v) is 15.6. The second kappa shape index (κ2) is 8.22. The minimum atomic E-state index is -0.588. The van der Waals surface area contributed by atoms with Gasteiger partial charge in [0.15, 0.2) is 0 Å². The molecule has 0 saturated carbocycles. The summed E-state index contributed by atoms with van der Waals surface area (Å²) < 4.78 is 5.28. The summed E-state index contributed by atoms with van der Waals surface area (Å²) in [5, 5.41) is 12.7. The van der Waals surface area contributed by atoms with Crippen LogP contribution in [0.15, 0.2) is 24.4 Å². The Labute approximate surface area is 158 Å². The highest BCUT2D eigenvalue weighted by Gasteiger charge is 2.27. The number of aliphatic hydroxyl groups is 1. The minimum absolute atomic E-state index is 0.00140. The average molecular weight is 371 g/mol. The first-order valence-electron chi connectivity index (χ1n) is 8.95. The van der Waals surface area contributed by atoms with Crippen LogP contribution >= 0.6 is 0 Å². The van der Waals surface area contributed by atoms with Gasteiger partial charge in [-0.15, -0.1) is 0 Å². The molecule has 3 rings (SSSR count). The van der Waals surface area contributed by atoms with Gasteiger partial charge in [0.25, 0.3) is 5.91 Å². The Hall–Kier alpha value is -2.87. The van der Waals surface area contributed by atoms with Crippen LogP contribution in [-0.2, 0) is 6.54 Å². The molecule has 1 aromatic heterocycles. The zero-order valence-electron chi connectivity index (χ0n) is 15.6. The van der Waals surface area contributed by atoms with Crippen LogP contribution in [0.4, 0.5) is 11.8 Å². The monoisotopic (exact) mass is 371 g/mol. The van der Waals surface area contributed by atoms with E-state index in [1.165, 1.54) is 6.20 Å². The van der Waals surface area contributed by atoms with E-state index in [1.807, 2.05) is 30.0 Å². The fourth-order valence-corrected chi connectivity index (χ4v) is 3.35. The summed E-state index contributed by atoms with van der Waals surface area (Å²) in [6.45, 7) is 3.28. The van der Waals surface area contributed by atoms with Crippen molar-refractivity contribution < 1.29 is 14.6 Å². The number of aliphatic hydroxyl groups excluding tert-OH is 1. The highest BCUT2D eigenvalue weighted by molar-refractivity contribution is 5.97. The van der Waals surface area contributed by atoms with Gasteiger partial charge in [-0.05, 0) is 37.0 Å². The molecular formula is C19H25N5O3. The SMILES string of the molecule is COc1ccc(CNc2nc(N3CCC[C@H]3CO)ncc2C(N)=O)cc1C. The third-order valence-corrected chi connectivity index (χ3v) is 4.81. The maximum absolute atomic E-state index is 11.8. The molecule has 0 bridgehead atoms. The molecule has 144 valence electrons. The van der Waals surface area contributed by atoms with Crippen LogP contribution in [0.25, 0.3) is 0 Å². The van der Waals surface area contributed by atoms with Crippen LogP contribution in [0.5, 0.6) is 5.75 Å². The van der Waals surface area contributed by atoms with Gasteiger partial charge in [0.1, 0.15) is 11.6 Å². The second-order valence-corrected chi connectivity index (χ2v) is 6.63. The number of hydrogen-bond donors (Lipinski definition) is 3. The Morgan fingerprint density at radius 1 is 1.48 bits per heavy atom. The third-order valence-electron chi connectivity index (χ3n) is 4.81. The molecular weight excluding hydrogens is 346 g/mol. The fourth-order valence-electron chi connectivity index (χ4n) is 3.35. The molecule has 0 aliphatic carbocycles. The molecule has 27 heavy (non-hydrogen) atoms. The van der Waals surface area contributed by atoms with Crippen LogP contribution in [0.1, 0.15) is 34.3 Å². The molecule has 1 fully saturated rings. The number of ether oxygens (including phenoxy) is 1. The topological polar surface area (TPSA) is 114 Å². The van der Waals surface area contributed by atoms with E-state index in [-0.39, 0.29) is 18.2 Å². The standard InChI is InChI=1S/C19H25N5O3/c1-12-8-13(5-6-16(12)27-2)9-21-18-15(17(20)26)10-22-19(23-18)24-7-3-4-14(24)11-25/h5-6,8,10,14,25H,3-4,7,9,11H2,1-2H3,(H2,20,26)(H,21,22,23)/t14-/m0/s1. The lowest BCUT2D eigenvalue weighted by Gasteiger charge is -2.23. The van der Waals surface area contributed by atoms with Crippen LogP contribution in [-0.4, -0.2) is 47.3 Å². The number of amides is 1. The summed E-state index contributed by atoms with van der Waals surface area (Å²) in [4.78, 5) is 22.5. The molecule has 8 heteroatoms. The number of nitrogens with two attached hydrogens (primary N) is 1. The van der Waals surface area contributed by atoms with Crippen molar-refractivity contribution in [2.24, 2.45) is 5.73 Å². The largest absolute Gasteiger partial charge is 0.496 e. The van der Waals surface area contributed by atoms with Gasteiger partial charge in [-0.25, -0.2) is 4.98 Å². The Bertz CT molecular complexity index is 827. The first-order chi connectivity index (χ1) is 13.0. The normalized spacial score (nSPS) is 16.4. The predicted octanol–water partition coefficient (Wildman–Crippen LogP) is 1.47. The molecule has 0 unspecified atom stereocenters. The van der Waals surface area contributed by atoms with E-state index in [0.29, 0.717) is 18.3 Å². The molecule has 0 radical (unpaired) electrons. The van der Waals surface area contributed by atoms with Gasteiger partial charge in [-0.2, -0.15) is 4.98 Å². The highest BCUT2D eigenvalue weighted by Crippen LogP contribution is 2.25. The van der Waals surface area contributed by atoms with E-state index in [2.05, 4.69) is 15.3 Å². The molecule has 2 aromatic rings. The molecule has 1 atom stereocenters. The minimum Gasteiger partial charge on any atom is -0.496 e. The third kappa shape index (κ3) is 4.11. The molecule has 4 N–H and O–H groups in total. The number of carbonyl (C=O) groups is 1. The molecule has 1 saturated heterocycles. The Balaban J connectivity index is 1.83. The van der Waals surface area contributed by atoms with E-state index >= 15 is 0 Å². The van der Waals surface area contributed by atoms with Crippen molar-refractivity contribution in [1.82, 2.24) is 9.97 Å². The Morgan fingerprint density at radius 3 is 2.96 bits per heavy atom. The first-order valence-corrected chi connectivity index (χ1v) is 8.95. The Kier molecular flexibility index (Phi) is 5.75. The van der Waals surface area contributed by atoms with E-state index in [9.17, 15) is 9.90 Å². The van der Waals surface area contributed by atoms with Crippen molar-refractivity contribution in [2.45, 2.75) is 32.4 Å². The molecule has 1 aromatic carbocycles. The quantitative estimate of drug-likeness (QED) is 0.675. The number of nitrogens with zero attached hydrogens (tertiary/aromatic N) is 3. The van der Waals surface area contributed by atoms with Crippen molar-refractivity contribution in [3.8, 4) is 5.75 Å². The van der Waals surface area contributed by atoms with Crippen molar-refractivity contribution in [2.75, 3.05) is 30.5 Å². The van der Waals surface area contributed by atoms with Gasteiger partial charge in [0.05, 0.1) is 25.3 Å². The highest BCUT2D eigenvalue weighted by atomic mass is 16.5. The van der Waals surface area contributed by atoms with Crippen molar-refractivity contribution in [3.63, 3.8) is 0 Å². The molecule has 1 aliphatic heterocycles. The summed E-state index contributed by atoms with van der Waals surface area (Å²) in [6, 6.07) is 5.87. The van der Waals surface area contributed by atoms with Crippen LogP contribution in [0.2, 0.25) is 0 Å². The lowest BCUT2D eigenvalue weighted by Crippen LogP contribution is -2.34. The number of anilines is 2. The maximum Gasteiger partial charge on any atom is 0.254 e. The second-order valence-electron chi connectivity index (χ2n) is 6.63. The summed E-state index contributed by atoms with van der Waals surface area (Å²) in [6.07, 6.45) is 3.31. The van der Waals surface area contributed by atoms with Crippen molar-refractivity contribution in [3.05, 3.63) is 41.1 Å². The van der Waals surface area contributed by atoms with E-state index in [1.54, 1.807) is 7.11 Å². The maximum atomic E-state index is 11.8. The number of methoxy groups -OCH3 is 1. The number of aromatic nitrogens is 2. The number of nitrogens with one attached hydrogen (secondary N) is 1. The number of primary amides is 1. The van der Waals surface area contributed by atoms with Gasteiger partial charge in [0.2, 0.25) is 5.95 Å². The fraction of sp³-hybridized carbons (Fsp3) is 0.421. The summed E-state index contributed by atoms with van der Waals surface area (Å²) in [5.74, 6) is 1.12. The van der Waals surface area contributed by atoms with Gasteiger partial charge in [-0.3, -0.25) is 4.79 Å². The van der Waals surface area contributed by atoms with Crippen LogP contribution in [0, 0.1) is 6.92 Å². The molecule has 8 nitrogen and oxygen atoms in total. The van der Waals surface area contributed by atoms with Gasteiger partial charge in [0, 0.05) is 19.3 Å². The zero-order chi connectivity index (χ0) is 19.4. The van der Waals surface area contributed by atoms with Gasteiger partial charge < -0.3 is 25.8 Å². The number of rotatable bonds is 7. The van der Waals surface area contributed by atoms with Gasteiger partial charge >= 0.3 is 0 Å². The molecule has 1 aliphatic rings. The molecule has 1 amide bonds. The number of hydrogen-bond acceptors (Lipinski definition) is 7. The van der Waals surface area contributed by atoms with E-state index < -0.39 is 5.91 Å². The Morgan fingerprint density at radius 2 is 2.30 bits per heavy atom. The van der Waals surface area contributed by atoms with Gasteiger partial charge in [-0.1, -0.05) is 12.1 Å². The number of aryl methyl sites for hydroxylation is 1. The predicted molar refractivity (Wildman–Crippen MR) is 103 cm³/mol. The number of carbonyl (C=O) groups excluding carboxylic acids is 1. The summed E-state index contributed by atoms with van der Waals surface area (Å²) in [7, 11) is 1.64. The van der Waals surface area contributed by atoms with Crippen molar-refractivity contribution >= 4 is 17.7 Å². The van der Waals surface area contributed by atoms with E-state index in [4.69, 9.17) is 10.5 Å².